The smallest absolute Gasteiger partial charge is 0.231 e. The fourth-order valence-electron chi connectivity index (χ4n) is 2.32. The van der Waals surface area contributed by atoms with Crippen molar-refractivity contribution in [1.29, 1.82) is 0 Å². The third kappa shape index (κ3) is 3.55. The third-order valence-corrected chi connectivity index (χ3v) is 3.30. The zero-order chi connectivity index (χ0) is 12.2. The fourth-order valence-corrected chi connectivity index (χ4v) is 2.32. The van der Waals surface area contributed by atoms with E-state index < -0.39 is 0 Å². The first-order valence-electron chi connectivity index (χ1n) is 6.51. The van der Waals surface area contributed by atoms with Crippen molar-refractivity contribution in [3.05, 3.63) is 47.6 Å². The normalized spacial score (nSPS) is 18.8. The molecule has 0 radical (unpaired) electrons. The molecule has 1 saturated heterocycles. The molecule has 1 aromatic carbocycles. The second-order valence-corrected chi connectivity index (χ2v) is 4.71. The predicted molar refractivity (Wildman–Crippen MR) is 75.4 cm³/mol. The molecule has 19 heavy (non-hydrogen) atoms. The molecular formula is C14H18ClN3O. The maximum Gasteiger partial charge on any atom is 0.231 e. The number of hydrogen-bond donors (Lipinski definition) is 1. The van der Waals surface area contributed by atoms with E-state index in [2.05, 4.69) is 27.6 Å². The Morgan fingerprint density at radius 3 is 2.79 bits per heavy atom. The molecule has 4 nitrogen and oxygen atoms in total. The van der Waals surface area contributed by atoms with Gasteiger partial charge in [-0.25, -0.2) is 0 Å². The average Bonchev–Trinajstić information content (AvgIpc) is 2.89. The van der Waals surface area contributed by atoms with Gasteiger partial charge in [0.2, 0.25) is 5.89 Å². The number of nitrogens with one attached hydrogen (secondary N) is 1. The largest absolute Gasteiger partial charge is 0.339 e. The van der Waals surface area contributed by atoms with Crippen molar-refractivity contribution in [2.45, 2.75) is 31.7 Å². The number of aromatic nitrogens is 2. The Hall–Kier alpha value is -1.39. The van der Waals surface area contributed by atoms with E-state index in [9.17, 15) is 0 Å². The lowest BCUT2D eigenvalue weighted by molar-refractivity contribution is 0.351. The second kappa shape index (κ2) is 6.68. The van der Waals surface area contributed by atoms with Gasteiger partial charge >= 0.3 is 0 Å². The zero-order valence-electron chi connectivity index (χ0n) is 10.7. The number of nitrogens with zero attached hydrogens (tertiary/aromatic N) is 2. The lowest BCUT2D eigenvalue weighted by Crippen LogP contribution is -2.27. The van der Waals surface area contributed by atoms with E-state index in [1.54, 1.807) is 0 Å². The van der Waals surface area contributed by atoms with Crippen LogP contribution >= 0.6 is 12.4 Å². The molecule has 0 bridgehead atoms. The van der Waals surface area contributed by atoms with E-state index in [1.165, 1.54) is 18.4 Å². The van der Waals surface area contributed by atoms with Crippen LogP contribution in [0.5, 0.6) is 0 Å². The standard InChI is InChI=1S/C14H17N3O.ClH/c1-2-6-11(7-3-1)10-13-16-14(17-18-13)12-8-4-5-9-15-12;/h1-3,6-7,12,15H,4-5,8-10H2;1H/t12-;/m0./s1. The Balaban J connectivity index is 0.00000133. The summed E-state index contributed by atoms with van der Waals surface area (Å²) in [5.74, 6) is 1.50. The quantitative estimate of drug-likeness (QED) is 0.939. The second-order valence-electron chi connectivity index (χ2n) is 4.71. The van der Waals surface area contributed by atoms with Crippen molar-refractivity contribution in [1.82, 2.24) is 15.5 Å². The molecule has 1 aliphatic heterocycles. The van der Waals surface area contributed by atoms with E-state index in [0.29, 0.717) is 12.3 Å². The third-order valence-electron chi connectivity index (χ3n) is 3.30. The molecule has 0 spiro atoms. The monoisotopic (exact) mass is 279 g/mol. The van der Waals surface area contributed by atoms with Gasteiger partial charge in [-0.3, -0.25) is 0 Å². The van der Waals surface area contributed by atoms with Crippen LogP contribution in [-0.2, 0) is 6.42 Å². The molecule has 1 N–H and O–H groups in total. The van der Waals surface area contributed by atoms with E-state index in [0.717, 1.165) is 18.8 Å². The zero-order valence-corrected chi connectivity index (χ0v) is 11.5. The van der Waals surface area contributed by atoms with Crippen LogP contribution in [0, 0.1) is 0 Å². The summed E-state index contributed by atoms with van der Waals surface area (Å²) in [5.41, 5.74) is 1.20. The lowest BCUT2D eigenvalue weighted by Gasteiger charge is -2.19. The Kier molecular flexibility index (Phi) is 4.93. The summed E-state index contributed by atoms with van der Waals surface area (Å²) in [6.07, 6.45) is 4.29. The van der Waals surface area contributed by atoms with Gasteiger partial charge in [-0.05, 0) is 24.9 Å². The summed E-state index contributed by atoms with van der Waals surface area (Å²) in [7, 11) is 0. The van der Waals surface area contributed by atoms with Crippen LogP contribution in [0.15, 0.2) is 34.9 Å². The Morgan fingerprint density at radius 2 is 2.05 bits per heavy atom. The van der Waals surface area contributed by atoms with Crippen LogP contribution in [0.3, 0.4) is 0 Å². The van der Waals surface area contributed by atoms with Crippen molar-refractivity contribution in [3.63, 3.8) is 0 Å². The molecular weight excluding hydrogens is 262 g/mol. The van der Waals surface area contributed by atoms with Gasteiger partial charge < -0.3 is 9.84 Å². The fraction of sp³-hybridized carbons (Fsp3) is 0.429. The summed E-state index contributed by atoms with van der Waals surface area (Å²) in [4.78, 5) is 4.49. The molecule has 0 unspecified atom stereocenters. The molecule has 2 aromatic rings. The summed E-state index contributed by atoms with van der Waals surface area (Å²) in [5, 5.41) is 7.51. The maximum absolute atomic E-state index is 5.32. The van der Waals surface area contributed by atoms with Gasteiger partial charge in [-0.15, -0.1) is 12.4 Å². The molecule has 3 rings (SSSR count). The van der Waals surface area contributed by atoms with Crippen molar-refractivity contribution in [2.24, 2.45) is 0 Å². The van der Waals surface area contributed by atoms with E-state index >= 15 is 0 Å². The van der Waals surface area contributed by atoms with Crippen molar-refractivity contribution in [2.75, 3.05) is 6.54 Å². The molecule has 0 saturated carbocycles. The lowest BCUT2D eigenvalue weighted by atomic mass is 10.0. The van der Waals surface area contributed by atoms with Gasteiger partial charge in [0.1, 0.15) is 0 Å². The van der Waals surface area contributed by atoms with Gasteiger partial charge in [-0.1, -0.05) is 41.9 Å². The number of benzene rings is 1. The van der Waals surface area contributed by atoms with Crippen LogP contribution in [0.2, 0.25) is 0 Å². The molecule has 0 aliphatic carbocycles. The summed E-state index contributed by atoms with van der Waals surface area (Å²) >= 11 is 0. The van der Waals surface area contributed by atoms with E-state index in [4.69, 9.17) is 4.52 Å². The minimum Gasteiger partial charge on any atom is -0.339 e. The van der Waals surface area contributed by atoms with Gasteiger partial charge in [-0.2, -0.15) is 4.98 Å². The predicted octanol–water partition coefficient (Wildman–Crippen LogP) is 2.90. The van der Waals surface area contributed by atoms with Crippen molar-refractivity contribution < 1.29 is 4.52 Å². The molecule has 1 fully saturated rings. The Morgan fingerprint density at radius 1 is 1.21 bits per heavy atom. The number of piperidine rings is 1. The van der Waals surface area contributed by atoms with Gasteiger partial charge in [0.15, 0.2) is 5.82 Å². The maximum atomic E-state index is 5.32. The van der Waals surface area contributed by atoms with Crippen molar-refractivity contribution >= 4 is 12.4 Å². The molecule has 1 aliphatic rings. The first-order valence-corrected chi connectivity index (χ1v) is 6.51. The Labute approximate surface area is 119 Å². The molecule has 102 valence electrons. The van der Waals surface area contributed by atoms with Gasteiger partial charge in [0.25, 0.3) is 0 Å². The van der Waals surface area contributed by atoms with E-state index in [1.807, 2.05) is 18.2 Å². The minimum absolute atomic E-state index is 0. The van der Waals surface area contributed by atoms with Crippen LogP contribution in [-0.4, -0.2) is 16.7 Å². The van der Waals surface area contributed by atoms with E-state index in [-0.39, 0.29) is 18.4 Å². The molecule has 1 atom stereocenters. The average molecular weight is 280 g/mol. The SMILES string of the molecule is Cl.c1ccc(Cc2nc([C@@H]3CCCCN3)no2)cc1. The highest BCUT2D eigenvalue weighted by molar-refractivity contribution is 5.85. The minimum atomic E-state index is 0. The number of hydrogen-bond acceptors (Lipinski definition) is 4. The molecule has 2 heterocycles. The summed E-state index contributed by atoms with van der Waals surface area (Å²) in [6.45, 7) is 1.05. The summed E-state index contributed by atoms with van der Waals surface area (Å²) < 4.78 is 5.32. The van der Waals surface area contributed by atoms with Crippen LogP contribution in [0.1, 0.15) is 42.6 Å². The first kappa shape index (κ1) is 14.0. The molecule has 0 amide bonds. The van der Waals surface area contributed by atoms with Crippen LogP contribution in [0.4, 0.5) is 0 Å². The highest BCUT2D eigenvalue weighted by Crippen LogP contribution is 2.20. The summed E-state index contributed by atoms with van der Waals surface area (Å²) in [6, 6.07) is 10.5. The first-order chi connectivity index (χ1) is 8.92. The van der Waals surface area contributed by atoms with Gasteiger partial charge in [0.05, 0.1) is 12.5 Å². The van der Waals surface area contributed by atoms with Gasteiger partial charge in [0, 0.05) is 0 Å². The van der Waals surface area contributed by atoms with Crippen LogP contribution < -0.4 is 5.32 Å². The number of rotatable bonds is 3. The number of halogens is 1. The highest BCUT2D eigenvalue weighted by atomic mass is 35.5. The molecule has 5 heteroatoms. The highest BCUT2D eigenvalue weighted by Gasteiger charge is 2.20. The van der Waals surface area contributed by atoms with Crippen LogP contribution in [0.25, 0.3) is 0 Å². The Bertz CT molecular complexity index is 494. The van der Waals surface area contributed by atoms with Crippen molar-refractivity contribution in [3.8, 4) is 0 Å². The molecule has 1 aromatic heterocycles. The topological polar surface area (TPSA) is 51.0 Å².